The maximum absolute atomic E-state index is 12.9. The Morgan fingerprint density at radius 2 is 1.71 bits per heavy atom. The second kappa shape index (κ2) is 9.89. The molecule has 2 aromatic carbocycles. The Morgan fingerprint density at radius 1 is 1.07 bits per heavy atom. The average molecular weight is 434 g/mol. The first-order valence-corrected chi connectivity index (χ1v) is 9.49. The van der Waals surface area contributed by atoms with Crippen molar-refractivity contribution in [3.8, 4) is 6.07 Å². The first-order valence-electron chi connectivity index (χ1n) is 8.05. The number of sulfonamides is 1. The van der Waals surface area contributed by atoms with E-state index >= 15 is 0 Å². The Bertz CT molecular complexity index is 929. The predicted molar refractivity (Wildman–Crippen MR) is 101 cm³/mol. The minimum Gasteiger partial charge on any atom is -0.329 e. The summed E-state index contributed by atoms with van der Waals surface area (Å²) in [7, 11) is -4.09. The molecular formula is C18H19ClF3N3O2S. The zero-order valence-corrected chi connectivity index (χ0v) is 16.3. The summed E-state index contributed by atoms with van der Waals surface area (Å²) in [4.78, 5) is -0.367. The highest BCUT2D eigenvalue weighted by Crippen LogP contribution is 2.33. The van der Waals surface area contributed by atoms with Gasteiger partial charge in [-0.2, -0.15) is 22.7 Å². The van der Waals surface area contributed by atoms with E-state index in [1.165, 1.54) is 6.07 Å². The Kier molecular flexibility index (Phi) is 8.45. The van der Waals surface area contributed by atoms with Gasteiger partial charge in [-0.25, -0.2) is 8.42 Å². The molecule has 0 amide bonds. The number of nitriles is 1. The zero-order chi connectivity index (χ0) is 20.1. The van der Waals surface area contributed by atoms with E-state index in [1.54, 1.807) is 0 Å². The van der Waals surface area contributed by atoms with E-state index in [0.29, 0.717) is 12.5 Å². The molecule has 2 N–H and O–H groups in total. The van der Waals surface area contributed by atoms with Gasteiger partial charge in [-0.15, -0.1) is 12.4 Å². The molecule has 0 heterocycles. The van der Waals surface area contributed by atoms with Gasteiger partial charge in [0.15, 0.2) is 0 Å². The van der Waals surface area contributed by atoms with Gasteiger partial charge in [0, 0.05) is 19.6 Å². The van der Waals surface area contributed by atoms with E-state index in [-0.39, 0.29) is 36.9 Å². The minimum absolute atomic E-state index is 0. The molecule has 28 heavy (non-hydrogen) atoms. The Hall–Kier alpha value is -2.12. The van der Waals surface area contributed by atoms with Gasteiger partial charge in [0.25, 0.3) is 0 Å². The number of nitrogens with zero attached hydrogens (tertiary/aromatic N) is 2. The highest BCUT2D eigenvalue weighted by molar-refractivity contribution is 7.89. The van der Waals surface area contributed by atoms with Crippen molar-refractivity contribution in [3.63, 3.8) is 0 Å². The monoisotopic (exact) mass is 433 g/mol. The molecule has 0 spiro atoms. The summed E-state index contributed by atoms with van der Waals surface area (Å²) >= 11 is 0. The van der Waals surface area contributed by atoms with Crippen LogP contribution in [0.1, 0.15) is 16.7 Å². The van der Waals surface area contributed by atoms with Crippen molar-refractivity contribution >= 4 is 22.4 Å². The molecule has 0 aliphatic carbocycles. The van der Waals surface area contributed by atoms with Gasteiger partial charge in [-0.3, -0.25) is 0 Å². The number of halogens is 4. The van der Waals surface area contributed by atoms with E-state index in [9.17, 15) is 21.6 Å². The SMILES string of the molecule is Cl.N#Cc1cc(S(=O)(=O)N(CCN)CCc2ccccc2)ccc1C(F)(F)F. The third-order valence-electron chi connectivity index (χ3n) is 3.93. The third kappa shape index (κ3) is 5.69. The van der Waals surface area contributed by atoms with Crippen molar-refractivity contribution in [1.29, 1.82) is 5.26 Å². The first-order chi connectivity index (χ1) is 12.7. The molecule has 5 nitrogen and oxygen atoms in total. The molecule has 0 saturated heterocycles. The fraction of sp³-hybridized carbons (Fsp3) is 0.278. The summed E-state index contributed by atoms with van der Waals surface area (Å²) in [6.45, 7) is 0.185. The summed E-state index contributed by atoms with van der Waals surface area (Å²) < 4.78 is 65.6. The van der Waals surface area contributed by atoms with Gasteiger partial charge in [-0.05, 0) is 30.2 Å². The van der Waals surface area contributed by atoms with Crippen LogP contribution in [-0.4, -0.2) is 32.4 Å². The van der Waals surface area contributed by atoms with E-state index < -0.39 is 27.3 Å². The van der Waals surface area contributed by atoms with Crippen LogP contribution in [0.5, 0.6) is 0 Å². The molecule has 0 bridgehead atoms. The summed E-state index contributed by atoms with van der Waals surface area (Å²) in [5, 5.41) is 8.99. The third-order valence-corrected chi connectivity index (χ3v) is 5.82. The second-order valence-corrected chi connectivity index (χ2v) is 7.68. The number of hydrogen-bond acceptors (Lipinski definition) is 4. The van der Waals surface area contributed by atoms with Gasteiger partial charge >= 0.3 is 6.18 Å². The Balaban J connectivity index is 0.00000392. The number of rotatable bonds is 7. The summed E-state index contributed by atoms with van der Waals surface area (Å²) in [6.07, 6.45) is -4.32. The topological polar surface area (TPSA) is 87.2 Å². The molecule has 0 aliphatic heterocycles. The summed E-state index contributed by atoms with van der Waals surface area (Å²) in [5.74, 6) is 0. The van der Waals surface area contributed by atoms with Crippen molar-refractivity contribution in [2.24, 2.45) is 5.73 Å². The van der Waals surface area contributed by atoms with E-state index in [1.807, 2.05) is 30.3 Å². The second-order valence-electron chi connectivity index (χ2n) is 5.75. The molecule has 0 atom stereocenters. The molecule has 10 heteroatoms. The molecule has 2 rings (SSSR count). The van der Waals surface area contributed by atoms with Gasteiger partial charge in [0.2, 0.25) is 10.0 Å². The van der Waals surface area contributed by atoms with E-state index in [4.69, 9.17) is 11.0 Å². The molecule has 0 saturated carbocycles. The zero-order valence-electron chi connectivity index (χ0n) is 14.7. The highest BCUT2D eigenvalue weighted by Gasteiger charge is 2.35. The molecule has 0 aromatic heterocycles. The largest absolute Gasteiger partial charge is 0.417 e. The lowest BCUT2D eigenvalue weighted by molar-refractivity contribution is -0.137. The first kappa shape index (κ1) is 23.9. The number of nitrogens with two attached hydrogens (primary N) is 1. The van der Waals surface area contributed by atoms with Crippen LogP contribution in [0.4, 0.5) is 13.2 Å². The van der Waals surface area contributed by atoms with Crippen molar-refractivity contribution in [1.82, 2.24) is 4.31 Å². The van der Waals surface area contributed by atoms with Gasteiger partial charge in [0.1, 0.15) is 0 Å². The van der Waals surface area contributed by atoms with Crippen LogP contribution in [-0.2, 0) is 22.6 Å². The molecule has 2 aromatic rings. The maximum Gasteiger partial charge on any atom is 0.417 e. The number of alkyl halides is 3. The van der Waals surface area contributed by atoms with Gasteiger partial charge < -0.3 is 5.73 Å². The molecular weight excluding hydrogens is 415 g/mol. The molecule has 0 unspecified atom stereocenters. The Morgan fingerprint density at radius 3 is 2.25 bits per heavy atom. The van der Waals surface area contributed by atoms with E-state index in [0.717, 1.165) is 22.0 Å². The molecule has 152 valence electrons. The molecule has 0 aliphatic rings. The van der Waals surface area contributed by atoms with Gasteiger partial charge in [0.05, 0.1) is 22.1 Å². The smallest absolute Gasteiger partial charge is 0.329 e. The van der Waals surface area contributed by atoms with Crippen LogP contribution in [0.25, 0.3) is 0 Å². The van der Waals surface area contributed by atoms with Crippen molar-refractivity contribution < 1.29 is 21.6 Å². The van der Waals surface area contributed by atoms with Crippen LogP contribution in [0.15, 0.2) is 53.4 Å². The van der Waals surface area contributed by atoms with Crippen LogP contribution >= 0.6 is 12.4 Å². The van der Waals surface area contributed by atoms with E-state index in [2.05, 4.69) is 0 Å². The lowest BCUT2D eigenvalue weighted by atomic mass is 10.1. The fourth-order valence-electron chi connectivity index (χ4n) is 2.57. The van der Waals surface area contributed by atoms with Gasteiger partial charge in [-0.1, -0.05) is 30.3 Å². The van der Waals surface area contributed by atoms with Crippen LogP contribution in [0.2, 0.25) is 0 Å². The highest BCUT2D eigenvalue weighted by atomic mass is 35.5. The van der Waals surface area contributed by atoms with Crippen LogP contribution in [0, 0.1) is 11.3 Å². The quantitative estimate of drug-likeness (QED) is 0.726. The van der Waals surface area contributed by atoms with Crippen molar-refractivity contribution in [2.45, 2.75) is 17.5 Å². The van der Waals surface area contributed by atoms with Crippen LogP contribution < -0.4 is 5.73 Å². The fourth-order valence-corrected chi connectivity index (χ4v) is 4.05. The summed E-state index contributed by atoms with van der Waals surface area (Å²) in [6, 6.07) is 12.8. The number of benzene rings is 2. The van der Waals surface area contributed by atoms with Crippen LogP contribution in [0.3, 0.4) is 0 Å². The normalized spacial score (nSPS) is 11.7. The average Bonchev–Trinajstić information content (AvgIpc) is 2.64. The van der Waals surface area contributed by atoms with Crippen molar-refractivity contribution in [3.05, 3.63) is 65.2 Å². The standard InChI is InChI=1S/C18H18F3N3O2S.ClH/c19-18(20,21)17-7-6-16(12-15(17)13-23)27(25,26)24(11-9-22)10-8-14-4-2-1-3-5-14;/h1-7,12H,8-11,22H2;1H. The molecule has 0 radical (unpaired) electrons. The maximum atomic E-state index is 12.9. The lowest BCUT2D eigenvalue weighted by Gasteiger charge is -2.22. The minimum atomic E-state index is -4.74. The number of hydrogen-bond donors (Lipinski definition) is 1. The predicted octanol–water partition coefficient (Wildman–Crippen LogP) is 3.19. The lowest BCUT2D eigenvalue weighted by Crippen LogP contribution is -2.37. The van der Waals surface area contributed by atoms with Crippen molar-refractivity contribution in [2.75, 3.05) is 19.6 Å². The molecule has 0 fully saturated rings. The summed E-state index contributed by atoms with van der Waals surface area (Å²) in [5.41, 5.74) is 4.52. The Labute approximate surface area is 168 Å².